The minimum absolute atomic E-state index is 0.0428. The minimum atomic E-state index is -1.08. The molecule has 0 aliphatic carbocycles. The van der Waals surface area contributed by atoms with Crippen LogP contribution in [0.1, 0.15) is 23.1 Å². The lowest BCUT2D eigenvalue weighted by Crippen LogP contribution is -2.08. The zero-order valence-corrected chi connectivity index (χ0v) is 12.4. The summed E-state index contributed by atoms with van der Waals surface area (Å²) in [5.41, 5.74) is 0.0428. The summed E-state index contributed by atoms with van der Waals surface area (Å²) in [4.78, 5) is 15.4. The number of ether oxygens (including phenoxy) is 2. The Kier molecular flexibility index (Phi) is 4.70. The Morgan fingerprint density at radius 3 is 2.76 bits per heavy atom. The average molecular weight is 311 g/mol. The van der Waals surface area contributed by atoms with Crippen LogP contribution in [0.15, 0.2) is 24.4 Å². The quantitative estimate of drug-likeness (QED) is 0.888. The SMILES string of the molecule is CCOc1cccc(C(=O)O)c1OCc1ncc(Cl)n1C. The Hall–Kier alpha value is -2.21. The van der Waals surface area contributed by atoms with E-state index in [0.29, 0.717) is 23.3 Å². The first-order valence-corrected chi connectivity index (χ1v) is 6.70. The number of aromatic carboxylic acids is 1. The highest BCUT2D eigenvalue weighted by atomic mass is 35.5. The van der Waals surface area contributed by atoms with Crippen LogP contribution in [0.3, 0.4) is 0 Å². The Labute approximate surface area is 126 Å². The van der Waals surface area contributed by atoms with E-state index in [4.69, 9.17) is 21.1 Å². The number of carbonyl (C=O) groups is 1. The first-order valence-electron chi connectivity index (χ1n) is 6.32. The van der Waals surface area contributed by atoms with E-state index in [1.165, 1.54) is 12.3 Å². The summed E-state index contributed by atoms with van der Waals surface area (Å²) >= 11 is 5.90. The summed E-state index contributed by atoms with van der Waals surface area (Å²) in [6.45, 7) is 2.32. The first kappa shape index (κ1) is 15.2. The number of rotatable bonds is 6. The molecule has 0 fully saturated rings. The third kappa shape index (κ3) is 3.28. The van der Waals surface area contributed by atoms with Crippen LogP contribution in [-0.2, 0) is 13.7 Å². The van der Waals surface area contributed by atoms with Crippen molar-refractivity contribution in [2.24, 2.45) is 7.05 Å². The Morgan fingerprint density at radius 1 is 1.43 bits per heavy atom. The fourth-order valence-corrected chi connectivity index (χ4v) is 1.94. The molecule has 0 atom stereocenters. The molecule has 2 rings (SSSR count). The molecule has 1 aromatic carbocycles. The molecule has 6 nitrogen and oxygen atoms in total. The van der Waals surface area contributed by atoms with Gasteiger partial charge in [-0.2, -0.15) is 0 Å². The van der Waals surface area contributed by atoms with Gasteiger partial charge in [-0.15, -0.1) is 0 Å². The van der Waals surface area contributed by atoms with Crippen molar-refractivity contribution in [1.29, 1.82) is 0 Å². The molecule has 0 spiro atoms. The third-order valence-corrected chi connectivity index (χ3v) is 3.23. The molecule has 1 heterocycles. The molecule has 0 saturated carbocycles. The smallest absolute Gasteiger partial charge is 0.339 e. The number of hydrogen-bond donors (Lipinski definition) is 1. The molecule has 1 aromatic heterocycles. The molecule has 112 valence electrons. The van der Waals surface area contributed by atoms with E-state index in [0.717, 1.165) is 0 Å². The van der Waals surface area contributed by atoms with Crippen LogP contribution in [0.25, 0.3) is 0 Å². The highest BCUT2D eigenvalue weighted by Crippen LogP contribution is 2.32. The molecular weight excluding hydrogens is 296 g/mol. The van der Waals surface area contributed by atoms with Crippen LogP contribution in [0.5, 0.6) is 11.5 Å². The van der Waals surface area contributed by atoms with E-state index < -0.39 is 5.97 Å². The molecule has 0 unspecified atom stereocenters. The van der Waals surface area contributed by atoms with Crippen LogP contribution in [0, 0.1) is 0 Å². The van der Waals surface area contributed by atoms with Gasteiger partial charge >= 0.3 is 5.97 Å². The van der Waals surface area contributed by atoms with Gasteiger partial charge in [0.25, 0.3) is 0 Å². The number of hydrogen-bond acceptors (Lipinski definition) is 4. The van der Waals surface area contributed by atoms with Gasteiger partial charge in [-0.1, -0.05) is 17.7 Å². The van der Waals surface area contributed by atoms with Gasteiger partial charge in [-0.05, 0) is 19.1 Å². The lowest BCUT2D eigenvalue weighted by Gasteiger charge is -2.14. The zero-order valence-electron chi connectivity index (χ0n) is 11.7. The van der Waals surface area contributed by atoms with Gasteiger partial charge in [0, 0.05) is 7.05 Å². The number of para-hydroxylation sites is 1. The summed E-state index contributed by atoms with van der Waals surface area (Å²) in [7, 11) is 1.75. The molecule has 1 N–H and O–H groups in total. The normalized spacial score (nSPS) is 10.4. The highest BCUT2D eigenvalue weighted by Gasteiger charge is 2.17. The van der Waals surface area contributed by atoms with Crippen molar-refractivity contribution in [3.63, 3.8) is 0 Å². The lowest BCUT2D eigenvalue weighted by molar-refractivity contribution is 0.0690. The van der Waals surface area contributed by atoms with Crippen LogP contribution in [0.4, 0.5) is 0 Å². The van der Waals surface area contributed by atoms with Crippen molar-refractivity contribution >= 4 is 17.6 Å². The van der Waals surface area contributed by atoms with Crippen LogP contribution >= 0.6 is 11.6 Å². The van der Waals surface area contributed by atoms with Crippen LogP contribution in [0.2, 0.25) is 5.15 Å². The first-order chi connectivity index (χ1) is 10.0. The second kappa shape index (κ2) is 6.49. The molecule has 0 aliphatic heterocycles. The predicted octanol–water partition coefficient (Wildman–Crippen LogP) is 2.75. The molecular formula is C14H15ClN2O4. The van der Waals surface area contributed by atoms with Crippen molar-refractivity contribution < 1.29 is 19.4 Å². The number of carboxylic acids is 1. The molecule has 21 heavy (non-hydrogen) atoms. The van der Waals surface area contributed by atoms with Gasteiger partial charge < -0.3 is 19.1 Å². The van der Waals surface area contributed by atoms with Crippen LogP contribution in [-0.4, -0.2) is 27.2 Å². The van der Waals surface area contributed by atoms with E-state index in [2.05, 4.69) is 4.98 Å². The summed E-state index contributed by atoms with van der Waals surface area (Å²) in [5, 5.41) is 9.71. The second-order valence-corrected chi connectivity index (χ2v) is 4.60. The Morgan fingerprint density at radius 2 is 2.19 bits per heavy atom. The maximum Gasteiger partial charge on any atom is 0.339 e. The second-order valence-electron chi connectivity index (χ2n) is 4.22. The molecule has 7 heteroatoms. The third-order valence-electron chi connectivity index (χ3n) is 2.88. The summed E-state index contributed by atoms with van der Waals surface area (Å²) < 4.78 is 12.7. The number of aromatic nitrogens is 2. The van der Waals surface area contributed by atoms with Gasteiger partial charge in [0.15, 0.2) is 11.5 Å². The van der Waals surface area contributed by atoms with E-state index >= 15 is 0 Å². The van der Waals surface area contributed by atoms with Gasteiger partial charge in [-0.3, -0.25) is 0 Å². The Balaban J connectivity index is 2.29. The molecule has 0 amide bonds. The van der Waals surface area contributed by atoms with E-state index in [9.17, 15) is 9.90 Å². The monoisotopic (exact) mass is 310 g/mol. The fourth-order valence-electron chi connectivity index (χ4n) is 1.80. The number of imidazole rings is 1. The molecule has 0 radical (unpaired) electrons. The highest BCUT2D eigenvalue weighted by molar-refractivity contribution is 6.29. The number of carboxylic acid groups (broad SMARTS) is 1. The van der Waals surface area contributed by atoms with Gasteiger partial charge in [0.05, 0.1) is 12.8 Å². The maximum absolute atomic E-state index is 11.3. The van der Waals surface area contributed by atoms with Crippen molar-refractivity contribution in [3.8, 4) is 11.5 Å². The summed E-state index contributed by atoms with van der Waals surface area (Å²) in [5.74, 6) is 0.0794. The number of benzene rings is 1. The largest absolute Gasteiger partial charge is 0.490 e. The van der Waals surface area contributed by atoms with Crippen molar-refractivity contribution in [2.75, 3.05) is 6.61 Å². The van der Waals surface area contributed by atoms with Gasteiger partial charge in [0.1, 0.15) is 23.1 Å². The van der Waals surface area contributed by atoms with Gasteiger partial charge in [-0.25, -0.2) is 9.78 Å². The van der Waals surface area contributed by atoms with E-state index in [1.807, 2.05) is 6.92 Å². The molecule has 0 bridgehead atoms. The zero-order chi connectivity index (χ0) is 15.4. The summed E-state index contributed by atoms with van der Waals surface area (Å²) in [6.07, 6.45) is 1.51. The standard InChI is InChI=1S/C14H15ClN2O4/c1-3-20-10-6-4-5-9(14(18)19)13(10)21-8-12-16-7-11(15)17(12)2/h4-7H,3,8H2,1-2H3,(H,18,19). The van der Waals surface area contributed by atoms with Gasteiger partial charge in [0.2, 0.25) is 0 Å². The number of nitrogens with zero attached hydrogens (tertiary/aromatic N) is 2. The minimum Gasteiger partial charge on any atom is -0.490 e. The Bertz CT molecular complexity index is 654. The maximum atomic E-state index is 11.3. The summed E-state index contributed by atoms with van der Waals surface area (Å²) in [6, 6.07) is 4.74. The van der Waals surface area contributed by atoms with E-state index in [-0.39, 0.29) is 17.9 Å². The predicted molar refractivity (Wildman–Crippen MR) is 77.1 cm³/mol. The van der Waals surface area contributed by atoms with Crippen molar-refractivity contribution in [2.45, 2.75) is 13.5 Å². The molecule has 2 aromatic rings. The lowest BCUT2D eigenvalue weighted by atomic mass is 10.2. The van der Waals surface area contributed by atoms with Crippen molar-refractivity contribution in [1.82, 2.24) is 9.55 Å². The van der Waals surface area contributed by atoms with E-state index in [1.54, 1.807) is 23.7 Å². The topological polar surface area (TPSA) is 73.6 Å². The van der Waals surface area contributed by atoms with Crippen LogP contribution < -0.4 is 9.47 Å². The molecule has 0 aliphatic rings. The fraction of sp³-hybridized carbons (Fsp3) is 0.286. The number of halogens is 1. The van der Waals surface area contributed by atoms with Crippen molar-refractivity contribution in [3.05, 3.63) is 40.9 Å². The molecule has 0 saturated heterocycles. The average Bonchev–Trinajstić information content (AvgIpc) is 2.77.